The highest BCUT2D eigenvalue weighted by molar-refractivity contribution is 5.99. The van der Waals surface area contributed by atoms with Crippen LogP contribution in [0.15, 0.2) is 0 Å². The van der Waals surface area contributed by atoms with Crippen molar-refractivity contribution in [2.75, 3.05) is 7.11 Å². The number of carbonyl (C=O) groups is 2. The largest absolute Gasteiger partial charge is 0.379 e. The summed E-state index contributed by atoms with van der Waals surface area (Å²) >= 11 is 0. The van der Waals surface area contributed by atoms with Gasteiger partial charge in [0.05, 0.1) is 5.60 Å². The summed E-state index contributed by atoms with van der Waals surface area (Å²) in [5.41, 5.74) is -0.674. The van der Waals surface area contributed by atoms with Crippen LogP contribution in [0.2, 0.25) is 0 Å². The van der Waals surface area contributed by atoms with E-state index in [1.165, 1.54) is 0 Å². The molecule has 1 aliphatic rings. The zero-order valence-corrected chi connectivity index (χ0v) is 12.3. The topological polar surface area (TPSA) is 55.4 Å². The zero-order valence-electron chi connectivity index (χ0n) is 12.3. The van der Waals surface area contributed by atoms with Gasteiger partial charge in [-0.3, -0.25) is 14.9 Å². The van der Waals surface area contributed by atoms with Crippen LogP contribution in [0.1, 0.15) is 47.5 Å². The maximum atomic E-state index is 12.1. The lowest BCUT2D eigenvalue weighted by Gasteiger charge is -2.45. The molecule has 0 radical (unpaired) electrons. The second-order valence-electron chi connectivity index (χ2n) is 6.61. The van der Waals surface area contributed by atoms with Crippen molar-refractivity contribution in [3.8, 4) is 0 Å². The summed E-state index contributed by atoms with van der Waals surface area (Å²) in [6, 6.07) is 0. The predicted molar refractivity (Wildman–Crippen MR) is 69.9 cm³/mol. The predicted octanol–water partition coefficient (Wildman–Crippen LogP) is 2.13. The van der Waals surface area contributed by atoms with Crippen molar-refractivity contribution in [1.82, 2.24) is 5.32 Å². The number of ether oxygens (including phenoxy) is 1. The van der Waals surface area contributed by atoms with Gasteiger partial charge in [0.15, 0.2) is 0 Å². The Morgan fingerprint density at radius 2 is 2.00 bits per heavy atom. The highest BCUT2D eigenvalue weighted by Gasteiger charge is 2.48. The van der Waals surface area contributed by atoms with E-state index < -0.39 is 0 Å². The SMILES string of the molecule is COC(C)(C)CC1(C)CC(=O)NC(=O)C1C(C)C. The van der Waals surface area contributed by atoms with Gasteiger partial charge < -0.3 is 4.74 Å². The van der Waals surface area contributed by atoms with E-state index in [1.54, 1.807) is 7.11 Å². The van der Waals surface area contributed by atoms with E-state index in [-0.39, 0.29) is 34.7 Å². The van der Waals surface area contributed by atoms with Gasteiger partial charge in [-0.1, -0.05) is 20.8 Å². The van der Waals surface area contributed by atoms with E-state index >= 15 is 0 Å². The molecule has 0 aromatic heterocycles. The molecule has 0 bridgehead atoms. The van der Waals surface area contributed by atoms with Gasteiger partial charge >= 0.3 is 0 Å². The molecule has 4 heteroatoms. The van der Waals surface area contributed by atoms with Crippen molar-refractivity contribution in [3.63, 3.8) is 0 Å². The van der Waals surface area contributed by atoms with Crippen molar-refractivity contribution in [2.24, 2.45) is 17.3 Å². The molecule has 1 rings (SSSR count). The minimum atomic E-state index is -0.340. The highest BCUT2D eigenvalue weighted by Crippen LogP contribution is 2.45. The fourth-order valence-electron chi connectivity index (χ4n) is 3.38. The molecule has 18 heavy (non-hydrogen) atoms. The average Bonchev–Trinajstić information content (AvgIpc) is 2.13. The minimum Gasteiger partial charge on any atom is -0.379 e. The molecule has 0 aromatic carbocycles. The maximum Gasteiger partial charge on any atom is 0.230 e. The average molecular weight is 255 g/mol. The summed E-state index contributed by atoms with van der Waals surface area (Å²) in [5.74, 6) is -0.262. The van der Waals surface area contributed by atoms with Crippen LogP contribution in [0.4, 0.5) is 0 Å². The van der Waals surface area contributed by atoms with E-state index in [4.69, 9.17) is 4.74 Å². The third kappa shape index (κ3) is 3.10. The Morgan fingerprint density at radius 3 is 2.44 bits per heavy atom. The monoisotopic (exact) mass is 255 g/mol. The van der Waals surface area contributed by atoms with Crippen LogP contribution >= 0.6 is 0 Å². The summed E-state index contributed by atoms with van der Waals surface area (Å²) < 4.78 is 5.46. The molecule has 2 unspecified atom stereocenters. The second kappa shape index (κ2) is 5.00. The molecule has 4 nitrogen and oxygen atoms in total. The molecule has 0 aromatic rings. The molecule has 1 N–H and O–H groups in total. The van der Waals surface area contributed by atoms with Crippen LogP contribution in [-0.2, 0) is 14.3 Å². The van der Waals surface area contributed by atoms with Crippen molar-refractivity contribution in [3.05, 3.63) is 0 Å². The van der Waals surface area contributed by atoms with Gasteiger partial charge in [-0.2, -0.15) is 0 Å². The number of rotatable bonds is 4. The summed E-state index contributed by atoms with van der Waals surface area (Å²) in [7, 11) is 1.67. The van der Waals surface area contributed by atoms with Gasteiger partial charge in [-0.25, -0.2) is 0 Å². The van der Waals surface area contributed by atoms with Crippen molar-refractivity contribution < 1.29 is 14.3 Å². The first-order valence-electron chi connectivity index (χ1n) is 6.50. The maximum absolute atomic E-state index is 12.1. The van der Waals surface area contributed by atoms with Crippen LogP contribution in [0, 0.1) is 17.3 Å². The minimum absolute atomic E-state index is 0.143. The van der Waals surface area contributed by atoms with Gasteiger partial charge in [0.2, 0.25) is 11.8 Å². The molecular formula is C14H25NO3. The fourth-order valence-corrected chi connectivity index (χ4v) is 3.38. The van der Waals surface area contributed by atoms with Crippen LogP contribution in [-0.4, -0.2) is 24.5 Å². The number of imide groups is 1. The smallest absolute Gasteiger partial charge is 0.230 e. The lowest BCUT2D eigenvalue weighted by atomic mass is 9.62. The van der Waals surface area contributed by atoms with E-state index in [2.05, 4.69) is 5.32 Å². The normalized spacial score (nSPS) is 29.6. The Morgan fingerprint density at radius 1 is 1.44 bits per heavy atom. The molecule has 1 heterocycles. The molecule has 2 amide bonds. The summed E-state index contributed by atoms with van der Waals surface area (Å²) in [4.78, 5) is 23.7. The van der Waals surface area contributed by atoms with Crippen molar-refractivity contribution in [1.29, 1.82) is 0 Å². The van der Waals surface area contributed by atoms with Crippen LogP contribution < -0.4 is 5.32 Å². The quantitative estimate of drug-likeness (QED) is 0.783. The van der Waals surface area contributed by atoms with Gasteiger partial charge in [0.25, 0.3) is 0 Å². The number of hydrogen-bond acceptors (Lipinski definition) is 3. The van der Waals surface area contributed by atoms with Gasteiger partial charge in [-0.15, -0.1) is 0 Å². The van der Waals surface area contributed by atoms with Crippen LogP contribution in [0.5, 0.6) is 0 Å². The zero-order chi connectivity index (χ0) is 14.1. The first-order valence-corrected chi connectivity index (χ1v) is 6.50. The third-order valence-corrected chi connectivity index (χ3v) is 3.91. The lowest BCUT2D eigenvalue weighted by Crippen LogP contribution is -2.54. The third-order valence-electron chi connectivity index (χ3n) is 3.91. The Bertz CT molecular complexity index is 349. The van der Waals surface area contributed by atoms with Gasteiger partial charge in [0, 0.05) is 19.4 Å². The number of nitrogens with one attached hydrogen (secondary N) is 1. The second-order valence-corrected chi connectivity index (χ2v) is 6.61. The van der Waals surface area contributed by atoms with Gasteiger partial charge in [0.1, 0.15) is 0 Å². The number of methoxy groups -OCH3 is 1. The van der Waals surface area contributed by atoms with E-state index in [0.717, 1.165) is 0 Å². The highest BCUT2D eigenvalue weighted by atomic mass is 16.5. The number of piperidine rings is 1. The first kappa shape index (κ1) is 15.2. The number of hydrogen-bond donors (Lipinski definition) is 1. The standard InChI is InChI=1S/C14H25NO3/c1-9(2)11-12(17)15-10(16)7-14(11,5)8-13(3,4)18-6/h9,11H,7-8H2,1-6H3,(H,15,16,17). The van der Waals surface area contributed by atoms with Crippen molar-refractivity contribution in [2.45, 2.75) is 53.1 Å². The first-order chi connectivity index (χ1) is 8.11. The van der Waals surface area contributed by atoms with Crippen LogP contribution in [0.3, 0.4) is 0 Å². The molecule has 0 aliphatic carbocycles. The molecule has 1 aliphatic heterocycles. The Balaban J connectivity index is 3.05. The lowest BCUT2D eigenvalue weighted by molar-refractivity contribution is -0.148. The molecule has 1 fully saturated rings. The Kier molecular flexibility index (Phi) is 4.21. The Hall–Kier alpha value is -0.900. The fraction of sp³-hybridized carbons (Fsp3) is 0.857. The molecule has 0 spiro atoms. The molecule has 104 valence electrons. The molecule has 1 saturated heterocycles. The summed E-state index contributed by atoms with van der Waals surface area (Å²) in [6.45, 7) is 10.1. The molecule has 2 atom stereocenters. The number of carbonyl (C=O) groups excluding carboxylic acids is 2. The summed E-state index contributed by atoms with van der Waals surface area (Å²) in [5, 5.41) is 2.45. The van der Waals surface area contributed by atoms with Crippen LogP contribution in [0.25, 0.3) is 0 Å². The molecule has 0 saturated carbocycles. The van der Waals surface area contributed by atoms with Crippen molar-refractivity contribution >= 4 is 11.8 Å². The Labute approximate surface area is 109 Å². The van der Waals surface area contributed by atoms with E-state index in [1.807, 2.05) is 34.6 Å². The van der Waals surface area contributed by atoms with E-state index in [9.17, 15) is 9.59 Å². The van der Waals surface area contributed by atoms with E-state index in [0.29, 0.717) is 12.8 Å². The summed E-state index contributed by atoms with van der Waals surface area (Å²) in [6.07, 6.45) is 1.08. The molecular weight excluding hydrogens is 230 g/mol. The number of amides is 2. The van der Waals surface area contributed by atoms with Gasteiger partial charge in [-0.05, 0) is 31.6 Å².